The first-order valence-electron chi connectivity index (χ1n) is 8.24. The number of rotatable bonds is 3. The monoisotopic (exact) mass is 326 g/mol. The Balaban J connectivity index is 1.96. The summed E-state index contributed by atoms with van der Waals surface area (Å²) >= 11 is 0. The summed E-state index contributed by atoms with van der Waals surface area (Å²) in [6.07, 6.45) is 0. The van der Waals surface area contributed by atoms with E-state index in [4.69, 9.17) is 5.10 Å². The first-order valence-corrected chi connectivity index (χ1v) is 8.24. The van der Waals surface area contributed by atoms with Crippen molar-refractivity contribution >= 4 is 0 Å². The minimum atomic E-state index is 0.233. The normalized spacial score (nSPS) is 10.8. The van der Waals surface area contributed by atoms with Crippen LogP contribution in [0.3, 0.4) is 0 Å². The molecule has 122 valence electrons. The fraction of sp³-hybridized carbons (Fsp3) is 0.0455. The largest absolute Gasteiger partial charge is 0.507 e. The van der Waals surface area contributed by atoms with Crippen LogP contribution in [0, 0.1) is 6.92 Å². The molecule has 1 heterocycles. The maximum atomic E-state index is 10.2. The molecule has 25 heavy (non-hydrogen) atoms. The predicted octanol–water partition coefficient (Wildman–Crippen LogP) is 5.22. The summed E-state index contributed by atoms with van der Waals surface area (Å²) < 4.78 is 1.95. The van der Waals surface area contributed by atoms with Gasteiger partial charge >= 0.3 is 0 Å². The second-order valence-electron chi connectivity index (χ2n) is 6.00. The van der Waals surface area contributed by atoms with Gasteiger partial charge in [0.05, 0.1) is 17.1 Å². The van der Waals surface area contributed by atoms with Gasteiger partial charge in [-0.25, -0.2) is 4.68 Å². The van der Waals surface area contributed by atoms with E-state index in [0.29, 0.717) is 0 Å². The Morgan fingerprint density at radius 3 is 2.24 bits per heavy atom. The number of hydrogen-bond acceptors (Lipinski definition) is 2. The van der Waals surface area contributed by atoms with E-state index in [1.165, 1.54) is 0 Å². The van der Waals surface area contributed by atoms with Crippen LogP contribution < -0.4 is 0 Å². The number of phenols is 1. The molecule has 3 aromatic carbocycles. The van der Waals surface area contributed by atoms with E-state index in [9.17, 15) is 5.11 Å². The van der Waals surface area contributed by atoms with Gasteiger partial charge in [0, 0.05) is 11.1 Å². The zero-order chi connectivity index (χ0) is 17.2. The zero-order valence-electron chi connectivity index (χ0n) is 13.9. The highest BCUT2D eigenvalue weighted by molar-refractivity contribution is 5.73. The van der Waals surface area contributed by atoms with E-state index < -0.39 is 0 Å². The number of phenolic OH excluding ortho intramolecular Hbond substituents is 1. The van der Waals surface area contributed by atoms with Crippen molar-refractivity contribution < 1.29 is 5.11 Å². The van der Waals surface area contributed by atoms with Crippen molar-refractivity contribution in [3.63, 3.8) is 0 Å². The number of aryl methyl sites for hydroxylation is 1. The number of benzene rings is 3. The van der Waals surface area contributed by atoms with Crippen LogP contribution in [0.1, 0.15) is 5.56 Å². The lowest BCUT2D eigenvalue weighted by molar-refractivity contribution is 0.477. The van der Waals surface area contributed by atoms with E-state index in [0.717, 1.165) is 33.8 Å². The summed E-state index contributed by atoms with van der Waals surface area (Å²) in [5.74, 6) is 0.233. The smallest absolute Gasteiger partial charge is 0.125 e. The Hall–Kier alpha value is -3.33. The zero-order valence-corrected chi connectivity index (χ0v) is 13.9. The lowest BCUT2D eigenvalue weighted by Gasteiger charge is -2.10. The molecule has 1 aromatic heterocycles. The molecule has 1 N–H and O–H groups in total. The Bertz CT molecular complexity index is 1020. The molecule has 0 aliphatic rings. The highest BCUT2D eigenvalue weighted by Gasteiger charge is 2.15. The molecule has 0 fully saturated rings. The third-order valence-electron chi connectivity index (χ3n) is 4.30. The lowest BCUT2D eigenvalue weighted by atomic mass is 10.1. The first kappa shape index (κ1) is 15.2. The van der Waals surface area contributed by atoms with Crippen molar-refractivity contribution in [2.24, 2.45) is 0 Å². The maximum absolute atomic E-state index is 10.2. The second-order valence-corrected chi connectivity index (χ2v) is 6.00. The van der Waals surface area contributed by atoms with Crippen molar-refractivity contribution in [1.29, 1.82) is 0 Å². The highest BCUT2D eigenvalue weighted by Crippen LogP contribution is 2.33. The number of para-hydroxylation sites is 2. The molecule has 0 radical (unpaired) electrons. The molecule has 0 amide bonds. The third kappa shape index (κ3) is 2.81. The van der Waals surface area contributed by atoms with Crippen molar-refractivity contribution in [3.05, 3.63) is 90.5 Å². The van der Waals surface area contributed by atoms with Gasteiger partial charge in [-0.05, 0) is 36.8 Å². The summed E-state index contributed by atoms with van der Waals surface area (Å²) in [5, 5.41) is 15.0. The molecule has 0 spiro atoms. The molecule has 0 aliphatic carbocycles. The van der Waals surface area contributed by atoms with Gasteiger partial charge in [-0.3, -0.25) is 0 Å². The predicted molar refractivity (Wildman–Crippen MR) is 101 cm³/mol. The number of hydrogen-bond donors (Lipinski definition) is 1. The van der Waals surface area contributed by atoms with Gasteiger partial charge in [0.15, 0.2) is 0 Å². The fourth-order valence-corrected chi connectivity index (χ4v) is 3.00. The molecule has 0 unspecified atom stereocenters. The van der Waals surface area contributed by atoms with Gasteiger partial charge in [0.2, 0.25) is 0 Å². The molecular weight excluding hydrogens is 308 g/mol. The Kier molecular flexibility index (Phi) is 3.82. The summed E-state index contributed by atoms with van der Waals surface area (Å²) in [6.45, 7) is 2.07. The first-order chi connectivity index (χ1) is 12.2. The van der Waals surface area contributed by atoms with E-state index in [1.807, 2.05) is 59.3 Å². The summed E-state index contributed by atoms with van der Waals surface area (Å²) in [5.41, 5.74) is 5.73. The van der Waals surface area contributed by atoms with E-state index in [1.54, 1.807) is 6.07 Å². The van der Waals surface area contributed by atoms with Crippen LogP contribution in [0.25, 0.3) is 28.2 Å². The van der Waals surface area contributed by atoms with E-state index >= 15 is 0 Å². The molecule has 4 rings (SSSR count). The second kappa shape index (κ2) is 6.29. The van der Waals surface area contributed by atoms with Crippen molar-refractivity contribution in [1.82, 2.24) is 9.78 Å². The summed E-state index contributed by atoms with van der Waals surface area (Å²) in [4.78, 5) is 0. The van der Waals surface area contributed by atoms with Crippen molar-refractivity contribution in [2.75, 3.05) is 0 Å². The Morgan fingerprint density at radius 2 is 1.48 bits per heavy atom. The van der Waals surface area contributed by atoms with Crippen molar-refractivity contribution in [3.8, 4) is 34.0 Å². The third-order valence-corrected chi connectivity index (χ3v) is 4.30. The maximum Gasteiger partial charge on any atom is 0.125 e. The van der Waals surface area contributed by atoms with Crippen LogP contribution in [0.2, 0.25) is 0 Å². The number of nitrogens with zero attached hydrogens (tertiary/aromatic N) is 2. The molecule has 0 aliphatic heterocycles. The average molecular weight is 326 g/mol. The lowest BCUT2D eigenvalue weighted by Crippen LogP contribution is -2.01. The van der Waals surface area contributed by atoms with Crippen LogP contribution in [0.15, 0.2) is 84.9 Å². The fourth-order valence-electron chi connectivity index (χ4n) is 3.00. The Morgan fingerprint density at radius 1 is 0.800 bits per heavy atom. The minimum Gasteiger partial charge on any atom is -0.507 e. The molecule has 0 saturated carbocycles. The minimum absolute atomic E-state index is 0.233. The van der Waals surface area contributed by atoms with E-state index in [2.05, 4.69) is 31.2 Å². The molecule has 0 atom stereocenters. The SMILES string of the molecule is Cc1ccccc1-n1nc(-c2ccccc2O)cc1-c1ccccc1. The van der Waals surface area contributed by atoms with Crippen molar-refractivity contribution in [2.45, 2.75) is 6.92 Å². The topological polar surface area (TPSA) is 38.0 Å². The van der Waals surface area contributed by atoms with E-state index in [-0.39, 0.29) is 5.75 Å². The molecule has 3 nitrogen and oxygen atoms in total. The van der Waals surface area contributed by atoms with Crippen LogP contribution >= 0.6 is 0 Å². The van der Waals surface area contributed by atoms with Crippen LogP contribution in [-0.4, -0.2) is 14.9 Å². The molecule has 4 aromatic rings. The van der Waals surface area contributed by atoms with Gasteiger partial charge < -0.3 is 5.11 Å². The summed E-state index contributed by atoms with van der Waals surface area (Å²) in [7, 11) is 0. The Labute approximate surface area is 146 Å². The number of aromatic hydroxyl groups is 1. The molecular formula is C22H18N2O. The number of aromatic nitrogens is 2. The molecule has 3 heteroatoms. The van der Waals surface area contributed by atoms with Crippen LogP contribution in [0.4, 0.5) is 0 Å². The van der Waals surface area contributed by atoms with Crippen LogP contribution in [0.5, 0.6) is 5.75 Å². The van der Waals surface area contributed by atoms with Gasteiger partial charge in [-0.2, -0.15) is 5.10 Å². The van der Waals surface area contributed by atoms with Gasteiger partial charge in [-0.1, -0.05) is 60.7 Å². The summed E-state index contributed by atoms with van der Waals surface area (Å²) in [6, 6.07) is 27.7. The van der Waals surface area contributed by atoms with Gasteiger partial charge in [0.25, 0.3) is 0 Å². The quantitative estimate of drug-likeness (QED) is 0.560. The molecule has 0 bridgehead atoms. The van der Waals surface area contributed by atoms with Gasteiger partial charge in [0.1, 0.15) is 5.75 Å². The average Bonchev–Trinajstić information content (AvgIpc) is 3.08. The molecule has 0 saturated heterocycles. The standard InChI is InChI=1S/C22H18N2O/c1-16-9-5-7-13-20(16)24-21(17-10-3-2-4-11-17)15-19(23-24)18-12-6-8-14-22(18)25/h2-15,25H,1H3. The highest BCUT2D eigenvalue weighted by atomic mass is 16.3. The van der Waals surface area contributed by atoms with Crippen LogP contribution in [-0.2, 0) is 0 Å². The van der Waals surface area contributed by atoms with Gasteiger partial charge in [-0.15, -0.1) is 0 Å².